The summed E-state index contributed by atoms with van der Waals surface area (Å²) in [6, 6.07) is 3.25. The molecule has 1 heterocycles. The molecular weight excluding hydrogens is 310 g/mol. The minimum atomic E-state index is -0.840. The molecule has 1 aromatic rings. The van der Waals surface area contributed by atoms with Crippen molar-refractivity contribution in [1.82, 2.24) is 0 Å². The smallest absolute Gasteiger partial charge is 0.306 e. The predicted octanol–water partition coefficient (Wildman–Crippen LogP) is 2.55. The van der Waals surface area contributed by atoms with Crippen molar-refractivity contribution in [3.63, 3.8) is 0 Å². The third-order valence-electron chi connectivity index (χ3n) is 4.04. The van der Waals surface area contributed by atoms with E-state index < -0.39 is 11.9 Å². The first-order chi connectivity index (χ1) is 10.5. The Morgan fingerprint density at radius 2 is 1.77 bits per heavy atom. The number of carbonyl (C=O) groups excluding carboxylic acids is 1. The third kappa shape index (κ3) is 2.97. The van der Waals surface area contributed by atoms with Gasteiger partial charge in [-0.15, -0.1) is 0 Å². The van der Waals surface area contributed by atoms with Crippen molar-refractivity contribution in [3.05, 3.63) is 17.2 Å². The average molecular weight is 326 g/mol. The fourth-order valence-corrected chi connectivity index (χ4v) is 3.04. The van der Waals surface area contributed by atoms with Gasteiger partial charge < -0.3 is 19.9 Å². The third-order valence-corrected chi connectivity index (χ3v) is 4.36. The van der Waals surface area contributed by atoms with Gasteiger partial charge in [0.15, 0.2) is 11.5 Å². The van der Waals surface area contributed by atoms with Crippen LogP contribution in [0.2, 0.25) is 5.02 Å². The standard InChI is InChI=1S/C15H16ClNO5/c16-10-6-12-13(22-4-3-21-12)7-11(10)17-14(18)8-1-2-9(5-8)15(19)20/h6-9H,1-5H2,(H,17,18)(H,19,20)/t8-,9+/m0/s1. The van der Waals surface area contributed by atoms with Gasteiger partial charge in [-0.25, -0.2) is 0 Å². The molecule has 1 aliphatic carbocycles. The lowest BCUT2D eigenvalue weighted by Crippen LogP contribution is -2.22. The summed E-state index contributed by atoms with van der Waals surface area (Å²) in [4.78, 5) is 23.2. The lowest BCUT2D eigenvalue weighted by Gasteiger charge is -2.20. The zero-order valence-electron chi connectivity index (χ0n) is 11.8. The highest BCUT2D eigenvalue weighted by molar-refractivity contribution is 6.34. The van der Waals surface area contributed by atoms with Gasteiger partial charge in [0.1, 0.15) is 13.2 Å². The molecule has 3 rings (SSSR count). The van der Waals surface area contributed by atoms with Crippen LogP contribution in [0.5, 0.6) is 11.5 Å². The van der Waals surface area contributed by atoms with E-state index in [1.165, 1.54) is 0 Å². The SMILES string of the molecule is O=C(O)[C@@H]1CC[C@H](C(=O)Nc2cc3c(cc2Cl)OCCO3)C1. The molecule has 1 aromatic carbocycles. The van der Waals surface area contributed by atoms with E-state index in [1.54, 1.807) is 12.1 Å². The van der Waals surface area contributed by atoms with Gasteiger partial charge in [-0.05, 0) is 19.3 Å². The Bertz CT molecular complexity index is 618. The van der Waals surface area contributed by atoms with Gasteiger partial charge in [-0.2, -0.15) is 0 Å². The second kappa shape index (κ2) is 6.04. The zero-order chi connectivity index (χ0) is 15.7. The first-order valence-electron chi connectivity index (χ1n) is 7.17. The minimum Gasteiger partial charge on any atom is -0.486 e. The van der Waals surface area contributed by atoms with Gasteiger partial charge in [-0.1, -0.05) is 11.6 Å². The molecule has 6 nitrogen and oxygen atoms in total. The van der Waals surface area contributed by atoms with Crippen LogP contribution in [0, 0.1) is 11.8 Å². The number of hydrogen-bond donors (Lipinski definition) is 2. The van der Waals surface area contributed by atoms with Crippen LogP contribution in [-0.2, 0) is 9.59 Å². The Labute approximate surface area is 132 Å². The van der Waals surface area contributed by atoms with Crippen molar-refractivity contribution >= 4 is 29.2 Å². The normalized spacial score (nSPS) is 23.1. The van der Waals surface area contributed by atoms with Crippen LogP contribution in [0.4, 0.5) is 5.69 Å². The van der Waals surface area contributed by atoms with Gasteiger partial charge >= 0.3 is 5.97 Å². The number of carboxylic acids is 1. The summed E-state index contributed by atoms with van der Waals surface area (Å²) in [5.74, 6) is -0.686. The molecule has 0 radical (unpaired) electrons. The van der Waals surface area contributed by atoms with Crippen molar-refractivity contribution in [3.8, 4) is 11.5 Å². The van der Waals surface area contributed by atoms with E-state index in [0.29, 0.717) is 54.7 Å². The molecule has 2 aliphatic rings. The first kappa shape index (κ1) is 15.0. The molecule has 22 heavy (non-hydrogen) atoms. The maximum Gasteiger partial charge on any atom is 0.306 e. The van der Waals surface area contributed by atoms with Gasteiger partial charge in [0.25, 0.3) is 0 Å². The Hall–Kier alpha value is -1.95. The number of rotatable bonds is 3. The number of fused-ring (bicyclic) bond motifs is 1. The topological polar surface area (TPSA) is 84.9 Å². The number of anilines is 1. The molecule has 2 N–H and O–H groups in total. The van der Waals surface area contributed by atoms with Gasteiger partial charge in [0.2, 0.25) is 5.91 Å². The molecule has 1 aliphatic heterocycles. The lowest BCUT2D eigenvalue weighted by molar-refractivity contribution is -0.141. The van der Waals surface area contributed by atoms with E-state index in [2.05, 4.69) is 5.32 Å². The van der Waals surface area contributed by atoms with E-state index in [-0.39, 0.29) is 11.8 Å². The number of ether oxygens (including phenoxy) is 2. The van der Waals surface area contributed by atoms with Crippen LogP contribution in [0.15, 0.2) is 12.1 Å². The largest absolute Gasteiger partial charge is 0.486 e. The Morgan fingerprint density at radius 1 is 1.14 bits per heavy atom. The number of nitrogens with one attached hydrogen (secondary N) is 1. The molecule has 0 saturated heterocycles. The monoisotopic (exact) mass is 325 g/mol. The second-order valence-corrected chi connectivity index (χ2v) is 5.92. The highest BCUT2D eigenvalue weighted by Crippen LogP contribution is 2.39. The highest BCUT2D eigenvalue weighted by atomic mass is 35.5. The van der Waals surface area contributed by atoms with Gasteiger partial charge in [0.05, 0.1) is 16.6 Å². The van der Waals surface area contributed by atoms with E-state index in [9.17, 15) is 9.59 Å². The maximum absolute atomic E-state index is 12.3. The van der Waals surface area contributed by atoms with Crippen molar-refractivity contribution in [1.29, 1.82) is 0 Å². The van der Waals surface area contributed by atoms with Crippen LogP contribution in [0.3, 0.4) is 0 Å². The van der Waals surface area contributed by atoms with Crippen molar-refractivity contribution in [2.75, 3.05) is 18.5 Å². The number of carboxylic acid groups (broad SMARTS) is 1. The molecule has 118 valence electrons. The Morgan fingerprint density at radius 3 is 2.41 bits per heavy atom. The summed E-state index contributed by atoms with van der Waals surface area (Å²) < 4.78 is 10.9. The van der Waals surface area contributed by atoms with Crippen molar-refractivity contribution in [2.24, 2.45) is 11.8 Å². The average Bonchev–Trinajstić information content (AvgIpc) is 2.98. The summed E-state index contributed by atoms with van der Waals surface area (Å²) in [6.45, 7) is 0.915. The molecule has 2 atom stereocenters. The van der Waals surface area contributed by atoms with Crippen molar-refractivity contribution < 1.29 is 24.2 Å². The minimum absolute atomic E-state index is 0.206. The Balaban J connectivity index is 1.70. The van der Waals surface area contributed by atoms with E-state index in [4.69, 9.17) is 26.2 Å². The molecule has 0 bridgehead atoms. The van der Waals surface area contributed by atoms with E-state index in [0.717, 1.165) is 0 Å². The second-order valence-electron chi connectivity index (χ2n) is 5.51. The van der Waals surface area contributed by atoms with Crippen LogP contribution >= 0.6 is 11.6 Å². The summed E-state index contributed by atoms with van der Waals surface area (Å²) in [5.41, 5.74) is 0.453. The molecule has 0 unspecified atom stereocenters. The molecule has 1 fully saturated rings. The van der Waals surface area contributed by atoms with E-state index >= 15 is 0 Å². The summed E-state index contributed by atoms with van der Waals surface area (Å²) in [6.07, 6.45) is 1.47. The maximum atomic E-state index is 12.3. The number of carbonyl (C=O) groups is 2. The number of aliphatic carboxylic acids is 1. The summed E-state index contributed by atoms with van der Waals surface area (Å²) in [7, 11) is 0. The predicted molar refractivity (Wildman–Crippen MR) is 79.5 cm³/mol. The molecule has 1 amide bonds. The lowest BCUT2D eigenvalue weighted by atomic mass is 10.0. The fraction of sp³-hybridized carbons (Fsp3) is 0.467. The molecule has 0 spiro atoms. The highest BCUT2D eigenvalue weighted by Gasteiger charge is 2.34. The number of halogens is 1. The zero-order valence-corrected chi connectivity index (χ0v) is 12.6. The number of amides is 1. The molecule has 0 aromatic heterocycles. The first-order valence-corrected chi connectivity index (χ1v) is 7.55. The van der Waals surface area contributed by atoms with Crippen LogP contribution < -0.4 is 14.8 Å². The van der Waals surface area contributed by atoms with Crippen LogP contribution in [0.1, 0.15) is 19.3 Å². The van der Waals surface area contributed by atoms with Gasteiger partial charge in [0, 0.05) is 18.1 Å². The number of hydrogen-bond acceptors (Lipinski definition) is 4. The van der Waals surface area contributed by atoms with Crippen molar-refractivity contribution in [2.45, 2.75) is 19.3 Å². The molecular formula is C15H16ClNO5. The summed E-state index contributed by atoms with van der Waals surface area (Å²) >= 11 is 6.15. The quantitative estimate of drug-likeness (QED) is 0.892. The van der Waals surface area contributed by atoms with Gasteiger partial charge in [-0.3, -0.25) is 9.59 Å². The summed E-state index contributed by atoms with van der Waals surface area (Å²) in [5, 5.41) is 12.1. The molecule has 1 saturated carbocycles. The Kier molecular flexibility index (Phi) is 4.11. The van der Waals surface area contributed by atoms with Crippen LogP contribution in [0.25, 0.3) is 0 Å². The van der Waals surface area contributed by atoms with E-state index in [1.807, 2.05) is 0 Å². The number of benzene rings is 1. The molecule has 7 heteroatoms. The van der Waals surface area contributed by atoms with Crippen LogP contribution in [-0.4, -0.2) is 30.2 Å². The fourth-order valence-electron chi connectivity index (χ4n) is 2.84.